The third-order valence-corrected chi connectivity index (χ3v) is 4.93. The van der Waals surface area contributed by atoms with Crippen LogP contribution in [-0.2, 0) is 6.54 Å². The van der Waals surface area contributed by atoms with Crippen LogP contribution in [0.1, 0.15) is 45.2 Å². The first-order chi connectivity index (χ1) is 8.74. The predicted octanol–water partition coefficient (Wildman–Crippen LogP) is 3.02. The lowest BCUT2D eigenvalue weighted by Crippen LogP contribution is -2.33. The average Bonchev–Trinajstić information content (AvgIpc) is 2.88. The van der Waals surface area contributed by atoms with E-state index >= 15 is 0 Å². The van der Waals surface area contributed by atoms with Crippen molar-refractivity contribution in [1.29, 1.82) is 0 Å². The summed E-state index contributed by atoms with van der Waals surface area (Å²) in [5.74, 6) is 0.726. The Morgan fingerprint density at radius 2 is 2.28 bits per heavy atom. The largest absolute Gasteiger partial charge is 0.345 e. The van der Waals surface area contributed by atoms with Crippen molar-refractivity contribution in [3.63, 3.8) is 0 Å². The molecule has 3 nitrogen and oxygen atoms in total. The first-order valence-electron chi connectivity index (χ1n) is 7.18. The van der Waals surface area contributed by atoms with Gasteiger partial charge in [0, 0.05) is 30.6 Å². The van der Waals surface area contributed by atoms with E-state index < -0.39 is 0 Å². The van der Waals surface area contributed by atoms with Gasteiger partial charge in [-0.15, -0.1) is 11.3 Å². The van der Waals surface area contributed by atoms with Crippen molar-refractivity contribution in [2.45, 2.75) is 58.2 Å². The fraction of sp³-hybridized carbons (Fsp3) is 0.786. The van der Waals surface area contributed by atoms with Gasteiger partial charge in [-0.05, 0) is 31.6 Å². The number of thiazole rings is 1. The van der Waals surface area contributed by atoms with Gasteiger partial charge in [-0.3, -0.25) is 0 Å². The first kappa shape index (κ1) is 12.4. The van der Waals surface area contributed by atoms with Gasteiger partial charge in [-0.2, -0.15) is 0 Å². The van der Waals surface area contributed by atoms with E-state index in [1.165, 1.54) is 43.1 Å². The van der Waals surface area contributed by atoms with Crippen molar-refractivity contribution in [1.82, 2.24) is 10.3 Å². The molecule has 0 radical (unpaired) electrons. The normalized spacial score (nSPS) is 24.2. The van der Waals surface area contributed by atoms with Gasteiger partial charge < -0.3 is 10.2 Å². The topological polar surface area (TPSA) is 28.2 Å². The third-order valence-electron chi connectivity index (χ3n) is 4.00. The van der Waals surface area contributed by atoms with Gasteiger partial charge in [0.2, 0.25) is 0 Å². The van der Waals surface area contributed by atoms with Crippen molar-refractivity contribution in [2.75, 3.05) is 11.4 Å². The summed E-state index contributed by atoms with van der Waals surface area (Å²) < 4.78 is 0. The summed E-state index contributed by atoms with van der Waals surface area (Å²) in [5, 5.41) is 6.99. The number of rotatable bonds is 5. The molecule has 1 unspecified atom stereocenters. The third kappa shape index (κ3) is 2.69. The van der Waals surface area contributed by atoms with Crippen LogP contribution in [0.3, 0.4) is 0 Å². The zero-order valence-electron chi connectivity index (χ0n) is 11.4. The van der Waals surface area contributed by atoms with Crippen molar-refractivity contribution < 1.29 is 0 Å². The highest BCUT2D eigenvalue weighted by molar-refractivity contribution is 7.13. The summed E-state index contributed by atoms with van der Waals surface area (Å²) in [7, 11) is 0. The van der Waals surface area contributed by atoms with Crippen molar-refractivity contribution in [3.8, 4) is 0 Å². The van der Waals surface area contributed by atoms with E-state index in [4.69, 9.17) is 4.98 Å². The molecule has 1 saturated carbocycles. The van der Waals surface area contributed by atoms with Crippen LogP contribution >= 0.6 is 11.3 Å². The maximum Gasteiger partial charge on any atom is 0.185 e. The summed E-state index contributed by atoms with van der Waals surface area (Å²) in [6, 6.07) is 1.46. The predicted molar refractivity (Wildman–Crippen MR) is 77.2 cm³/mol. The number of anilines is 1. The van der Waals surface area contributed by atoms with Crippen molar-refractivity contribution >= 4 is 16.5 Å². The molecule has 1 N–H and O–H groups in total. The highest BCUT2D eigenvalue weighted by Gasteiger charge is 2.29. The molecule has 0 amide bonds. The van der Waals surface area contributed by atoms with E-state index in [2.05, 4.69) is 29.4 Å². The summed E-state index contributed by atoms with van der Waals surface area (Å²) in [6.45, 7) is 6.78. The van der Waals surface area contributed by atoms with Gasteiger partial charge in [0.25, 0.3) is 0 Å². The number of nitrogens with one attached hydrogen (secondary N) is 1. The Morgan fingerprint density at radius 3 is 3.00 bits per heavy atom. The Bertz CT molecular complexity index is 397. The SMILES string of the molecule is CC(C)C1CCCN1c1nc(CNC2CC2)cs1. The molecule has 1 saturated heterocycles. The maximum atomic E-state index is 4.81. The molecule has 1 atom stereocenters. The summed E-state index contributed by atoms with van der Waals surface area (Å²) in [6.07, 6.45) is 5.34. The Morgan fingerprint density at radius 1 is 1.44 bits per heavy atom. The Labute approximate surface area is 114 Å². The van der Waals surface area contributed by atoms with E-state index in [0.29, 0.717) is 6.04 Å². The van der Waals surface area contributed by atoms with Crippen molar-refractivity contribution in [3.05, 3.63) is 11.1 Å². The standard InChI is InChI=1S/C14H23N3S/c1-10(2)13-4-3-7-17(13)14-16-12(9-18-14)8-15-11-5-6-11/h9-11,13,15H,3-8H2,1-2H3. The monoisotopic (exact) mass is 265 g/mol. The summed E-state index contributed by atoms with van der Waals surface area (Å²) >= 11 is 1.81. The van der Waals surface area contributed by atoms with Gasteiger partial charge in [0.15, 0.2) is 5.13 Å². The molecule has 2 aliphatic rings. The molecule has 1 aromatic heterocycles. The summed E-state index contributed by atoms with van der Waals surface area (Å²) in [5.41, 5.74) is 1.22. The Hall–Kier alpha value is -0.610. The molecule has 0 spiro atoms. The van der Waals surface area contributed by atoms with Crippen LogP contribution in [0.25, 0.3) is 0 Å². The second-order valence-corrected chi connectivity index (χ2v) is 6.76. The number of hydrogen-bond acceptors (Lipinski definition) is 4. The average molecular weight is 265 g/mol. The Balaban J connectivity index is 1.63. The highest BCUT2D eigenvalue weighted by atomic mass is 32.1. The lowest BCUT2D eigenvalue weighted by atomic mass is 10.0. The molecule has 1 aliphatic heterocycles. The lowest BCUT2D eigenvalue weighted by Gasteiger charge is -2.27. The van der Waals surface area contributed by atoms with Crippen LogP contribution in [0.15, 0.2) is 5.38 Å². The zero-order valence-corrected chi connectivity index (χ0v) is 12.2. The minimum absolute atomic E-state index is 0.695. The van der Waals surface area contributed by atoms with Crippen LogP contribution in [0.5, 0.6) is 0 Å². The van der Waals surface area contributed by atoms with Crippen LogP contribution in [0, 0.1) is 5.92 Å². The van der Waals surface area contributed by atoms with Gasteiger partial charge in [-0.25, -0.2) is 4.98 Å². The zero-order chi connectivity index (χ0) is 12.5. The quantitative estimate of drug-likeness (QED) is 0.887. The van der Waals surface area contributed by atoms with E-state index in [1.54, 1.807) is 0 Å². The molecule has 100 valence electrons. The molecule has 1 aliphatic carbocycles. The molecule has 3 rings (SSSR count). The number of aromatic nitrogens is 1. The van der Waals surface area contributed by atoms with Crippen LogP contribution in [0.4, 0.5) is 5.13 Å². The highest BCUT2D eigenvalue weighted by Crippen LogP contribution is 2.32. The second kappa shape index (κ2) is 5.17. The smallest absolute Gasteiger partial charge is 0.185 e. The molecule has 2 fully saturated rings. The minimum atomic E-state index is 0.695. The van der Waals surface area contributed by atoms with Gasteiger partial charge in [-0.1, -0.05) is 13.8 Å². The molecule has 18 heavy (non-hydrogen) atoms. The van der Waals surface area contributed by atoms with E-state index in [0.717, 1.165) is 18.5 Å². The molecular formula is C14H23N3S. The van der Waals surface area contributed by atoms with E-state index in [9.17, 15) is 0 Å². The minimum Gasteiger partial charge on any atom is -0.345 e. The van der Waals surface area contributed by atoms with Gasteiger partial charge in [0.05, 0.1) is 5.69 Å². The van der Waals surface area contributed by atoms with E-state index in [-0.39, 0.29) is 0 Å². The number of hydrogen-bond donors (Lipinski definition) is 1. The second-order valence-electron chi connectivity index (χ2n) is 5.92. The van der Waals surface area contributed by atoms with E-state index in [1.807, 2.05) is 11.3 Å². The fourth-order valence-electron chi connectivity index (χ4n) is 2.77. The Kier molecular flexibility index (Phi) is 3.57. The molecule has 0 aromatic carbocycles. The van der Waals surface area contributed by atoms with Crippen molar-refractivity contribution in [2.24, 2.45) is 5.92 Å². The van der Waals surface area contributed by atoms with Crippen LogP contribution < -0.4 is 10.2 Å². The molecule has 0 bridgehead atoms. The molecule has 4 heteroatoms. The van der Waals surface area contributed by atoms with Gasteiger partial charge >= 0.3 is 0 Å². The lowest BCUT2D eigenvalue weighted by molar-refractivity contribution is 0.491. The fourth-order valence-corrected chi connectivity index (χ4v) is 3.68. The maximum absolute atomic E-state index is 4.81. The number of nitrogens with zero attached hydrogens (tertiary/aromatic N) is 2. The van der Waals surface area contributed by atoms with Gasteiger partial charge in [0.1, 0.15) is 0 Å². The van der Waals surface area contributed by atoms with Crippen LogP contribution in [0.2, 0.25) is 0 Å². The van der Waals surface area contributed by atoms with Crippen LogP contribution in [-0.4, -0.2) is 23.6 Å². The molecule has 2 heterocycles. The first-order valence-corrected chi connectivity index (χ1v) is 8.06. The summed E-state index contributed by atoms with van der Waals surface area (Å²) in [4.78, 5) is 7.33. The molecule has 1 aromatic rings. The molecular weight excluding hydrogens is 242 g/mol.